The van der Waals surface area contributed by atoms with Gasteiger partial charge in [0.2, 0.25) is 0 Å². The van der Waals surface area contributed by atoms with Crippen LogP contribution in [0.15, 0.2) is 36.5 Å². The molecule has 1 saturated heterocycles. The largest absolute Gasteiger partial charge is 0.484 e. The Morgan fingerprint density at radius 1 is 1.41 bits per heavy atom. The molecule has 22 heavy (non-hydrogen) atoms. The maximum Gasteiger partial charge on any atom is 0.266 e. The Morgan fingerprint density at radius 2 is 2.23 bits per heavy atom. The number of hydrogen-bond donors (Lipinski definition) is 1. The number of carbonyl (C=O) groups is 1. The second-order valence-electron chi connectivity index (χ2n) is 5.32. The maximum absolute atomic E-state index is 12.6. The number of aryl methyl sites for hydroxylation is 1. The predicted octanol–water partition coefficient (Wildman–Crippen LogP) is 2.64. The molecule has 0 bridgehead atoms. The summed E-state index contributed by atoms with van der Waals surface area (Å²) in [4.78, 5) is 14.4. The van der Waals surface area contributed by atoms with Crippen molar-refractivity contribution in [2.45, 2.75) is 19.4 Å². The van der Waals surface area contributed by atoms with Crippen molar-refractivity contribution in [3.05, 3.63) is 42.1 Å². The molecule has 0 saturated carbocycles. The van der Waals surface area contributed by atoms with Crippen molar-refractivity contribution < 1.29 is 9.53 Å². The van der Waals surface area contributed by atoms with Crippen molar-refractivity contribution in [3.63, 3.8) is 0 Å². The molecule has 5 nitrogen and oxygen atoms in total. The van der Waals surface area contributed by atoms with Crippen LogP contribution in [-0.4, -0.2) is 40.3 Å². The van der Waals surface area contributed by atoms with Gasteiger partial charge < -0.3 is 4.74 Å². The number of anilines is 1. The lowest BCUT2D eigenvalue weighted by atomic mass is 10.2. The topological polar surface area (TPSA) is 58.2 Å². The number of rotatable bonds is 5. The van der Waals surface area contributed by atoms with E-state index >= 15 is 0 Å². The van der Waals surface area contributed by atoms with Gasteiger partial charge in [-0.25, -0.2) is 0 Å². The van der Waals surface area contributed by atoms with Crippen LogP contribution in [0.1, 0.15) is 12.0 Å². The zero-order valence-corrected chi connectivity index (χ0v) is 13.3. The number of aromatic nitrogens is 2. The zero-order valence-electron chi connectivity index (χ0n) is 12.5. The van der Waals surface area contributed by atoms with E-state index in [9.17, 15) is 4.79 Å². The maximum atomic E-state index is 12.6. The van der Waals surface area contributed by atoms with Gasteiger partial charge in [-0.1, -0.05) is 17.7 Å². The minimum atomic E-state index is -0.0441. The highest BCUT2D eigenvalue weighted by atomic mass is 32.2. The molecule has 0 spiro atoms. The average molecular weight is 317 g/mol. The summed E-state index contributed by atoms with van der Waals surface area (Å²) >= 11 is 1.87. The minimum absolute atomic E-state index is 0.0310. The Labute approximate surface area is 134 Å². The van der Waals surface area contributed by atoms with Crippen LogP contribution in [0.25, 0.3) is 0 Å². The van der Waals surface area contributed by atoms with E-state index in [1.165, 1.54) is 5.56 Å². The third kappa shape index (κ3) is 3.44. The van der Waals surface area contributed by atoms with E-state index in [1.54, 1.807) is 11.1 Å². The van der Waals surface area contributed by atoms with Gasteiger partial charge in [0.05, 0.1) is 6.20 Å². The molecule has 1 unspecified atom stereocenters. The van der Waals surface area contributed by atoms with Crippen LogP contribution in [0.3, 0.4) is 0 Å². The Hall–Kier alpha value is -1.95. The van der Waals surface area contributed by atoms with E-state index in [4.69, 9.17) is 4.74 Å². The third-order valence-electron chi connectivity index (χ3n) is 3.67. The first-order valence-electron chi connectivity index (χ1n) is 7.32. The van der Waals surface area contributed by atoms with Crippen LogP contribution in [0.4, 0.5) is 5.82 Å². The van der Waals surface area contributed by atoms with Crippen LogP contribution < -0.4 is 9.64 Å². The normalized spacial score (nSPS) is 17.4. The molecule has 0 radical (unpaired) electrons. The monoisotopic (exact) mass is 317 g/mol. The molecule has 1 N–H and O–H groups in total. The molecule has 1 aromatic heterocycles. The fourth-order valence-corrected chi connectivity index (χ4v) is 3.69. The SMILES string of the molecule is Cc1ccc(OCC(=O)N(c2ccn[nH]2)C2CCSC2)cc1. The molecule has 1 fully saturated rings. The standard InChI is InChI=1S/C16H19N3O2S/c1-12-2-4-14(5-3-12)21-10-16(20)19(13-7-9-22-11-13)15-6-8-17-18-15/h2-6,8,13H,7,9-11H2,1H3,(H,17,18). The van der Waals surface area contributed by atoms with Gasteiger partial charge in [-0.3, -0.25) is 14.8 Å². The zero-order chi connectivity index (χ0) is 15.4. The summed E-state index contributed by atoms with van der Waals surface area (Å²) < 4.78 is 5.63. The van der Waals surface area contributed by atoms with Crippen molar-refractivity contribution >= 4 is 23.5 Å². The first-order chi connectivity index (χ1) is 10.7. The Kier molecular flexibility index (Phi) is 4.68. The van der Waals surface area contributed by atoms with E-state index in [0.29, 0.717) is 5.75 Å². The van der Waals surface area contributed by atoms with Gasteiger partial charge in [-0.05, 0) is 31.2 Å². The van der Waals surface area contributed by atoms with Gasteiger partial charge in [-0.2, -0.15) is 16.9 Å². The number of amides is 1. The van der Waals surface area contributed by atoms with Crippen LogP contribution in [-0.2, 0) is 4.79 Å². The van der Waals surface area contributed by atoms with Crippen molar-refractivity contribution in [3.8, 4) is 5.75 Å². The number of thioether (sulfide) groups is 1. The summed E-state index contributed by atoms with van der Waals surface area (Å²) in [5.41, 5.74) is 1.17. The van der Waals surface area contributed by atoms with Crippen molar-refractivity contribution in [1.29, 1.82) is 0 Å². The summed E-state index contributed by atoms with van der Waals surface area (Å²) in [6, 6.07) is 9.75. The molecule has 2 aromatic rings. The Balaban J connectivity index is 1.68. The van der Waals surface area contributed by atoms with E-state index in [0.717, 1.165) is 23.7 Å². The third-order valence-corrected chi connectivity index (χ3v) is 4.81. The molecule has 6 heteroatoms. The van der Waals surface area contributed by atoms with Crippen LogP contribution in [0, 0.1) is 6.92 Å². The van der Waals surface area contributed by atoms with Gasteiger partial charge in [0.15, 0.2) is 6.61 Å². The molecule has 1 aliphatic heterocycles. The minimum Gasteiger partial charge on any atom is -0.484 e. The van der Waals surface area contributed by atoms with E-state index in [2.05, 4.69) is 10.2 Å². The molecular weight excluding hydrogens is 298 g/mol. The summed E-state index contributed by atoms with van der Waals surface area (Å²) in [6.45, 7) is 2.05. The number of benzene rings is 1. The molecule has 3 rings (SSSR count). The number of carbonyl (C=O) groups excluding carboxylic acids is 1. The summed E-state index contributed by atoms with van der Waals surface area (Å²) in [6.07, 6.45) is 2.67. The predicted molar refractivity (Wildman–Crippen MR) is 88.5 cm³/mol. The van der Waals surface area contributed by atoms with E-state index in [1.807, 2.05) is 49.0 Å². The highest BCUT2D eigenvalue weighted by molar-refractivity contribution is 7.99. The summed E-state index contributed by atoms with van der Waals surface area (Å²) in [5, 5.41) is 6.85. The quantitative estimate of drug-likeness (QED) is 0.921. The number of ether oxygens (including phenoxy) is 1. The van der Waals surface area contributed by atoms with Crippen molar-refractivity contribution in [2.75, 3.05) is 23.0 Å². The Morgan fingerprint density at radius 3 is 2.86 bits per heavy atom. The smallest absolute Gasteiger partial charge is 0.266 e. The number of nitrogens with zero attached hydrogens (tertiary/aromatic N) is 2. The second-order valence-corrected chi connectivity index (χ2v) is 6.47. The van der Waals surface area contributed by atoms with Crippen molar-refractivity contribution in [1.82, 2.24) is 10.2 Å². The lowest BCUT2D eigenvalue weighted by Crippen LogP contribution is -2.43. The summed E-state index contributed by atoms with van der Waals surface area (Å²) in [7, 11) is 0. The van der Waals surface area contributed by atoms with Gasteiger partial charge in [0, 0.05) is 17.9 Å². The average Bonchev–Trinajstić information content (AvgIpc) is 3.21. The molecule has 1 atom stereocenters. The highest BCUT2D eigenvalue weighted by Gasteiger charge is 2.29. The first-order valence-corrected chi connectivity index (χ1v) is 8.48. The first kappa shape index (κ1) is 15.0. The number of H-pyrrole nitrogens is 1. The Bertz CT molecular complexity index is 607. The molecule has 1 aromatic carbocycles. The fourth-order valence-electron chi connectivity index (χ4n) is 2.49. The molecule has 0 aliphatic carbocycles. The number of hydrogen-bond acceptors (Lipinski definition) is 4. The number of nitrogens with one attached hydrogen (secondary N) is 1. The van der Waals surface area contributed by atoms with Gasteiger partial charge >= 0.3 is 0 Å². The molecule has 2 heterocycles. The lowest BCUT2D eigenvalue weighted by molar-refractivity contribution is -0.121. The second kappa shape index (κ2) is 6.87. The highest BCUT2D eigenvalue weighted by Crippen LogP contribution is 2.26. The van der Waals surface area contributed by atoms with Gasteiger partial charge in [0.25, 0.3) is 5.91 Å². The molecule has 116 valence electrons. The van der Waals surface area contributed by atoms with Gasteiger partial charge in [-0.15, -0.1) is 0 Å². The van der Waals surface area contributed by atoms with E-state index < -0.39 is 0 Å². The molecule has 1 amide bonds. The molecular formula is C16H19N3O2S. The van der Waals surface area contributed by atoms with Crippen molar-refractivity contribution in [2.24, 2.45) is 0 Å². The summed E-state index contributed by atoms with van der Waals surface area (Å²) in [5.74, 6) is 3.45. The van der Waals surface area contributed by atoms with Crippen LogP contribution >= 0.6 is 11.8 Å². The lowest BCUT2D eigenvalue weighted by Gasteiger charge is -2.26. The molecule has 1 aliphatic rings. The fraction of sp³-hybridized carbons (Fsp3) is 0.375. The van der Waals surface area contributed by atoms with Gasteiger partial charge in [0.1, 0.15) is 11.6 Å². The number of aromatic amines is 1. The van der Waals surface area contributed by atoms with E-state index in [-0.39, 0.29) is 18.6 Å². The van der Waals surface area contributed by atoms with Crippen LogP contribution in [0.5, 0.6) is 5.75 Å². The van der Waals surface area contributed by atoms with Crippen LogP contribution in [0.2, 0.25) is 0 Å².